The number of nitriles is 1. The molecule has 3 aromatic carbocycles. The van der Waals surface area contributed by atoms with Crippen LogP contribution >= 0.6 is 23.6 Å². The number of hydrogen-bond donors (Lipinski definition) is 3. The Hall–Kier alpha value is -7.13. The summed E-state index contributed by atoms with van der Waals surface area (Å²) in [6, 6.07) is 17.1. The second kappa shape index (κ2) is 23.4. The summed E-state index contributed by atoms with van der Waals surface area (Å²) < 4.78 is 88.7. The Morgan fingerprint density at radius 1 is 0.974 bits per heavy atom. The lowest BCUT2D eigenvalue weighted by molar-refractivity contribution is -0.144. The van der Waals surface area contributed by atoms with Crippen LogP contribution in [0.2, 0.25) is 0 Å². The number of anilines is 2. The van der Waals surface area contributed by atoms with Crippen LogP contribution in [0.3, 0.4) is 0 Å². The minimum absolute atomic E-state index is 0.0116. The van der Waals surface area contributed by atoms with Crippen LogP contribution < -0.4 is 29.9 Å². The van der Waals surface area contributed by atoms with Crippen molar-refractivity contribution in [2.75, 3.05) is 49.3 Å². The molecule has 0 unspecified atom stereocenters. The number of ether oxygens (including phenoxy) is 3. The van der Waals surface area contributed by atoms with Gasteiger partial charge in [-0.2, -0.15) is 18.4 Å². The van der Waals surface area contributed by atoms with Crippen molar-refractivity contribution in [2.45, 2.75) is 84.8 Å². The number of rotatable bonds is 19. The van der Waals surface area contributed by atoms with Crippen molar-refractivity contribution in [2.24, 2.45) is 11.3 Å². The third-order valence-electron chi connectivity index (χ3n) is 12.9. The molecule has 2 aliphatic heterocycles. The highest BCUT2D eigenvalue weighted by molar-refractivity contribution is 7.81. The van der Waals surface area contributed by atoms with Gasteiger partial charge in [-0.3, -0.25) is 24.1 Å². The van der Waals surface area contributed by atoms with Crippen molar-refractivity contribution in [3.63, 3.8) is 0 Å². The van der Waals surface area contributed by atoms with E-state index in [1.54, 1.807) is 41.1 Å². The Bertz CT molecular complexity index is 3020. The molecule has 0 aliphatic carbocycles. The number of aromatic nitrogens is 2. The average molecular weight is 1090 g/mol. The van der Waals surface area contributed by atoms with E-state index in [2.05, 4.69) is 20.6 Å². The lowest BCUT2D eigenvalue weighted by Crippen LogP contribution is -2.52. The second-order valence-electron chi connectivity index (χ2n) is 19.6. The standard InChI is InChI=1S/C53H55F5N8O8S2/c1-30-44(76-29-63-30)32-10-8-31(9-11-32)25-60-46(69)41-23-36(67)28-64(41)48(70)38(51(2,3)4)27-61-45(68)33-12-15-37(16-13-33)73-21-20-72-18-7-19-74-47-39(54)22-35(26-62-47)66-50(75)65(49(71)52(66,5)6)40-17-14-34(24-59)42(43(40)55)53(56,57)58/h8-17,22,26,29,36,38,41,67H,7,18-21,23,25,27-28H2,1-6H3,(H,60,69)(H,61,68)/t36-,38-,41+/m1/s1. The number of β-amino-alcohol motifs (C(OH)–C–C–N with tert-alkyl or cyclic N) is 1. The van der Waals surface area contributed by atoms with Crippen LogP contribution in [0.15, 0.2) is 78.4 Å². The number of nitrogens with zero attached hydrogens (tertiary/aromatic N) is 6. The molecule has 2 saturated heterocycles. The number of alkyl halides is 3. The number of pyridine rings is 1. The molecule has 3 atom stereocenters. The molecule has 5 aromatic rings. The van der Waals surface area contributed by atoms with Gasteiger partial charge in [0.2, 0.25) is 11.8 Å². The van der Waals surface area contributed by atoms with Crippen molar-refractivity contribution in [1.29, 1.82) is 5.26 Å². The SMILES string of the molecule is Cc1ncsc1-c1ccc(CNC(=O)[C@@H]2C[C@@H](O)CN2C(=O)[C@@H](CNC(=O)c2ccc(OCCOCCCOc3ncc(N4C(=S)N(c5ccc(C#N)c(C(F)(F)F)c5F)C(=O)C4(C)C)cc3F)cc2)C(C)(C)C)cc1. The number of aliphatic hydroxyl groups is 1. The van der Waals surface area contributed by atoms with Gasteiger partial charge in [0.25, 0.3) is 17.7 Å². The summed E-state index contributed by atoms with van der Waals surface area (Å²) in [6.45, 7) is 11.0. The molecule has 4 amide bonds. The van der Waals surface area contributed by atoms with Crippen LogP contribution in [-0.4, -0.2) is 106 Å². The number of thiocarbonyl (C=S) groups is 1. The van der Waals surface area contributed by atoms with Gasteiger partial charge in [0.05, 0.1) is 70.5 Å². The normalized spacial score (nSPS) is 16.9. The summed E-state index contributed by atoms with van der Waals surface area (Å²) in [7, 11) is 0. The number of nitrogens with one attached hydrogen (secondary N) is 2. The van der Waals surface area contributed by atoms with E-state index >= 15 is 8.78 Å². The molecular formula is C53H55F5N8O8S2. The number of aryl methyl sites for hydroxylation is 1. The van der Waals surface area contributed by atoms with E-state index in [0.29, 0.717) is 22.6 Å². The van der Waals surface area contributed by atoms with Gasteiger partial charge in [0.1, 0.15) is 29.5 Å². The fourth-order valence-electron chi connectivity index (χ4n) is 8.77. The molecule has 7 rings (SSSR count). The third kappa shape index (κ3) is 12.6. The summed E-state index contributed by atoms with van der Waals surface area (Å²) in [4.78, 5) is 66.9. The van der Waals surface area contributed by atoms with Crippen LogP contribution in [0.4, 0.5) is 33.3 Å². The fourth-order valence-corrected chi connectivity index (χ4v) is 10.1. The van der Waals surface area contributed by atoms with Crippen molar-refractivity contribution in [1.82, 2.24) is 25.5 Å². The van der Waals surface area contributed by atoms with E-state index in [0.717, 1.165) is 51.0 Å². The van der Waals surface area contributed by atoms with Gasteiger partial charge >= 0.3 is 6.18 Å². The number of carbonyl (C=O) groups excluding carboxylic acids is 4. The summed E-state index contributed by atoms with van der Waals surface area (Å²) in [5, 5.41) is 25.1. The average Bonchev–Trinajstić information content (AvgIpc) is 4.11. The van der Waals surface area contributed by atoms with E-state index < -0.39 is 80.6 Å². The second-order valence-corrected chi connectivity index (χ2v) is 20.8. The first kappa shape index (κ1) is 56.6. The molecule has 402 valence electrons. The minimum Gasteiger partial charge on any atom is -0.491 e. The van der Waals surface area contributed by atoms with E-state index in [1.165, 1.54) is 24.8 Å². The predicted octanol–water partition coefficient (Wildman–Crippen LogP) is 8.13. The van der Waals surface area contributed by atoms with Gasteiger partial charge in [-0.15, -0.1) is 11.3 Å². The summed E-state index contributed by atoms with van der Waals surface area (Å²) in [5.41, 5.74) is -0.994. The van der Waals surface area contributed by atoms with Gasteiger partial charge in [-0.25, -0.2) is 18.7 Å². The van der Waals surface area contributed by atoms with Crippen molar-refractivity contribution < 1.29 is 60.4 Å². The monoisotopic (exact) mass is 1090 g/mol. The molecular weight excluding hydrogens is 1040 g/mol. The van der Waals surface area contributed by atoms with Crippen LogP contribution in [-0.2, 0) is 31.8 Å². The maximum absolute atomic E-state index is 15.4. The van der Waals surface area contributed by atoms with E-state index in [1.807, 2.05) is 52.0 Å². The maximum atomic E-state index is 15.4. The Labute approximate surface area is 444 Å². The number of benzene rings is 3. The summed E-state index contributed by atoms with van der Waals surface area (Å²) >= 11 is 6.96. The third-order valence-corrected chi connectivity index (χ3v) is 14.2. The molecule has 0 radical (unpaired) electrons. The first-order chi connectivity index (χ1) is 35.9. The smallest absolute Gasteiger partial charge is 0.420 e. The van der Waals surface area contributed by atoms with Crippen molar-refractivity contribution >= 4 is 63.7 Å². The lowest BCUT2D eigenvalue weighted by atomic mass is 9.79. The predicted molar refractivity (Wildman–Crippen MR) is 275 cm³/mol. The number of aliphatic hydroxyl groups excluding tert-OH is 1. The first-order valence-corrected chi connectivity index (χ1v) is 25.3. The number of amides is 4. The molecule has 2 aromatic heterocycles. The highest BCUT2D eigenvalue weighted by atomic mass is 32.1. The quantitative estimate of drug-likeness (QED) is 0.0407. The molecule has 2 fully saturated rings. The van der Waals surface area contributed by atoms with Gasteiger partial charge in [-0.1, -0.05) is 45.0 Å². The molecule has 23 heteroatoms. The zero-order valence-corrected chi connectivity index (χ0v) is 43.9. The van der Waals surface area contributed by atoms with Gasteiger partial charge in [0.15, 0.2) is 16.7 Å². The summed E-state index contributed by atoms with van der Waals surface area (Å²) in [5.74, 6) is -5.52. The van der Waals surface area contributed by atoms with Crippen LogP contribution in [0, 0.1) is 41.2 Å². The number of carbonyl (C=O) groups is 4. The van der Waals surface area contributed by atoms with Crippen LogP contribution in [0.1, 0.15) is 80.2 Å². The van der Waals surface area contributed by atoms with E-state index in [4.69, 9.17) is 31.7 Å². The Balaban J connectivity index is 0.828. The maximum Gasteiger partial charge on any atom is 0.420 e. The van der Waals surface area contributed by atoms with Gasteiger partial charge in [-0.05, 0) is 85.9 Å². The van der Waals surface area contributed by atoms with Crippen LogP contribution in [0.5, 0.6) is 11.6 Å². The Morgan fingerprint density at radius 2 is 1.68 bits per heavy atom. The fraction of sp³-hybridized carbons (Fsp3) is 0.396. The molecule has 16 nitrogen and oxygen atoms in total. The first-order valence-electron chi connectivity index (χ1n) is 24.0. The number of hydrogen-bond acceptors (Lipinski definition) is 13. The van der Waals surface area contributed by atoms with Gasteiger partial charge < -0.3 is 39.8 Å². The molecule has 2 aliphatic rings. The van der Waals surface area contributed by atoms with Gasteiger partial charge in [0, 0.05) is 50.7 Å². The Morgan fingerprint density at radius 3 is 2.32 bits per heavy atom. The zero-order valence-electron chi connectivity index (χ0n) is 42.3. The minimum atomic E-state index is -5.25. The largest absolute Gasteiger partial charge is 0.491 e. The molecule has 0 saturated carbocycles. The molecule has 4 heterocycles. The van der Waals surface area contributed by atoms with Crippen LogP contribution in [0.25, 0.3) is 10.4 Å². The molecule has 76 heavy (non-hydrogen) atoms. The van der Waals surface area contributed by atoms with E-state index in [-0.39, 0.29) is 75.9 Å². The molecule has 0 spiro atoms. The topological polar surface area (TPSA) is 200 Å². The highest BCUT2D eigenvalue weighted by Crippen LogP contribution is 2.42. The number of likely N-dealkylation sites (tertiary alicyclic amines) is 1. The molecule has 3 N–H and O–H groups in total. The lowest BCUT2D eigenvalue weighted by Gasteiger charge is -2.35. The number of halogens is 5. The van der Waals surface area contributed by atoms with E-state index in [9.17, 15) is 37.5 Å². The Kier molecular flexibility index (Phi) is 17.4. The van der Waals surface area contributed by atoms with Crippen molar-refractivity contribution in [3.05, 3.63) is 118 Å². The molecule has 0 bridgehead atoms. The zero-order chi connectivity index (χ0) is 55.3. The van der Waals surface area contributed by atoms with Crippen molar-refractivity contribution in [3.8, 4) is 28.1 Å². The summed E-state index contributed by atoms with van der Waals surface area (Å²) in [6.07, 6.45) is -4.59. The number of thiazole rings is 1. The highest BCUT2D eigenvalue weighted by Gasteiger charge is 2.52.